The SMILES string of the molecule is CN=C(NCc1ccco1)NC(C)CCC(C)(C)C.I. The van der Waals surface area contributed by atoms with Gasteiger partial charge in [-0.15, -0.1) is 24.0 Å². The maximum absolute atomic E-state index is 5.28. The molecule has 0 radical (unpaired) electrons. The van der Waals surface area contributed by atoms with Crippen LogP contribution in [0.4, 0.5) is 0 Å². The average Bonchev–Trinajstić information content (AvgIpc) is 2.84. The normalized spacial score (nSPS) is 13.6. The van der Waals surface area contributed by atoms with Gasteiger partial charge in [-0.1, -0.05) is 20.8 Å². The summed E-state index contributed by atoms with van der Waals surface area (Å²) in [5, 5.41) is 6.64. The van der Waals surface area contributed by atoms with E-state index < -0.39 is 0 Å². The van der Waals surface area contributed by atoms with Gasteiger partial charge in [0.2, 0.25) is 0 Å². The van der Waals surface area contributed by atoms with E-state index in [9.17, 15) is 0 Å². The number of hydrogen-bond donors (Lipinski definition) is 2. The number of nitrogens with zero attached hydrogens (tertiary/aromatic N) is 1. The maximum Gasteiger partial charge on any atom is 0.191 e. The average molecular weight is 393 g/mol. The number of nitrogens with one attached hydrogen (secondary N) is 2. The van der Waals surface area contributed by atoms with Gasteiger partial charge in [0, 0.05) is 13.1 Å². The fourth-order valence-electron chi connectivity index (χ4n) is 1.73. The van der Waals surface area contributed by atoms with E-state index in [0.29, 0.717) is 18.0 Å². The molecule has 0 aromatic carbocycles. The number of halogens is 1. The summed E-state index contributed by atoms with van der Waals surface area (Å²) in [7, 11) is 1.79. The minimum Gasteiger partial charge on any atom is -0.467 e. The van der Waals surface area contributed by atoms with E-state index in [0.717, 1.165) is 18.1 Å². The predicted molar refractivity (Wildman–Crippen MR) is 95.6 cm³/mol. The first-order valence-corrected chi connectivity index (χ1v) is 6.90. The molecule has 0 saturated heterocycles. The fraction of sp³-hybridized carbons (Fsp3) is 0.667. The molecule has 4 nitrogen and oxygen atoms in total. The molecule has 20 heavy (non-hydrogen) atoms. The Morgan fingerprint density at radius 3 is 2.60 bits per heavy atom. The van der Waals surface area contributed by atoms with E-state index in [1.54, 1.807) is 13.3 Å². The molecule has 1 aromatic rings. The third-order valence-corrected chi connectivity index (χ3v) is 2.94. The first-order chi connectivity index (χ1) is 8.90. The summed E-state index contributed by atoms with van der Waals surface area (Å²) in [6.45, 7) is 9.64. The highest BCUT2D eigenvalue weighted by molar-refractivity contribution is 14.0. The molecule has 1 heterocycles. The minimum atomic E-state index is 0. The van der Waals surface area contributed by atoms with Crippen LogP contribution in [0.15, 0.2) is 27.8 Å². The minimum absolute atomic E-state index is 0. The Hall–Kier alpha value is -0.720. The largest absolute Gasteiger partial charge is 0.467 e. The van der Waals surface area contributed by atoms with Gasteiger partial charge in [0.25, 0.3) is 0 Å². The van der Waals surface area contributed by atoms with Crippen LogP contribution in [-0.4, -0.2) is 19.0 Å². The topological polar surface area (TPSA) is 49.6 Å². The van der Waals surface area contributed by atoms with Gasteiger partial charge in [0.1, 0.15) is 5.76 Å². The Labute approximate surface area is 139 Å². The van der Waals surface area contributed by atoms with Crippen LogP contribution in [0.1, 0.15) is 46.3 Å². The second-order valence-electron chi connectivity index (χ2n) is 6.15. The van der Waals surface area contributed by atoms with Crippen molar-refractivity contribution in [2.45, 2.75) is 53.1 Å². The maximum atomic E-state index is 5.28. The highest BCUT2D eigenvalue weighted by Gasteiger charge is 2.13. The summed E-state index contributed by atoms with van der Waals surface area (Å²) in [5.74, 6) is 1.73. The van der Waals surface area contributed by atoms with Crippen molar-refractivity contribution in [2.24, 2.45) is 10.4 Å². The lowest BCUT2D eigenvalue weighted by Crippen LogP contribution is -2.42. The smallest absolute Gasteiger partial charge is 0.191 e. The molecule has 116 valence electrons. The van der Waals surface area contributed by atoms with Crippen molar-refractivity contribution in [3.8, 4) is 0 Å². The van der Waals surface area contributed by atoms with Crippen molar-refractivity contribution in [1.29, 1.82) is 0 Å². The van der Waals surface area contributed by atoms with E-state index >= 15 is 0 Å². The molecule has 5 heteroatoms. The Kier molecular flexibility index (Phi) is 8.93. The summed E-state index contributed by atoms with van der Waals surface area (Å²) in [4.78, 5) is 4.22. The van der Waals surface area contributed by atoms with Crippen LogP contribution < -0.4 is 10.6 Å². The Morgan fingerprint density at radius 2 is 2.10 bits per heavy atom. The molecule has 0 amide bonds. The molecule has 1 atom stereocenters. The standard InChI is InChI=1S/C15H27N3O.HI/c1-12(8-9-15(2,3)4)18-14(16-5)17-11-13-7-6-10-19-13;/h6-7,10,12H,8-9,11H2,1-5H3,(H2,16,17,18);1H. The van der Waals surface area contributed by atoms with Crippen LogP contribution in [0.25, 0.3) is 0 Å². The van der Waals surface area contributed by atoms with E-state index in [-0.39, 0.29) is 24.0 Å². The van der Waals surface area contributed by atoms with E-state index in [4.69, 9.17) is 4.42 Å². The monoisotopic (exact) mass is 393 g/mol. The third-order valence-electron chi connectivity index (χ3n) is 2.94. The number of furan rings is 1. The van der Waals surface area contributed by atoms with Crippen molar-refractivity contribution < 1.29 is 4.42 Å². The van der Waals surface area contributed by atoms with Gasteiger partial charge < -0.3 is 15.1 Å². The molecule has 0 bridgehead atoms. The first-order valence-electron chi connectivity index (χ1n) is 6.90. The van der Waals surface area contributed by atoms with Gasteiger partial charge in [-0.3, -0.25) is 4.99 Å². The van der Waals surface area contributed by atoms with Gasteiger partial charge in [0.15, 0.2) is 5.96 Å². The Balaban J connectivity index is 0.00000361. The van der Waals surface area contributed by atoms with Crippen molar-refractivity contribution in [3.05, 3.63) is 24.2 Å². The summed E-state index contributed by atoms with van der Waals surface area (Å²) in [6, 6.07) is 4.24. The van der Waals surface area contributed by atoms with Gasteiger partial charge in [0.05, 0.1) is 12.8 Å². The lowest BCUT2D eigenvalue weighted by molar-refractivity contribution is 0.346. The summed E-state index contributed by atoms with van der Waals surface area (Å²) in [5.41, 5.74) is 0.376. The molecule has 0 aliphatic carbocycles. The van der Waals surface area contributed by atoms with E-state index in [2.05, 4.69) is 43.3 Å². The number of aliphatic imine (C=N–C) groups is 1. The predicted octanol–water partition coefficient (Wildman–Crippen LogP) is 3.78. The first kappa shape index (κ1) is 19.3. The molecule has 1 rings (SSSR count). The van der Waals surface area contributed by atoms with Crippen molar-refractivity contribution >= 4 is 29.9 Å². The lowest BCUT2D eigenvalue weighted by Gasteiger charge is -2.22. The third kappa shape index (κ3) is 8.45. The van der Waals surface area contributed by atoms with Crippen molar-refractivity contribution in [2.75, 3.05) is 7.05 Å². The highest BCUT2D eigenvalue weighted by atomic mass is 127. The second kappa shape index (κ2) is 9.26. The van der Waals surface area contributed by atoms with E-state index in [1.807, 2.05) is 12.1 Å². The van der Waals surface area contributed by atoms with E-state index in [1.165, 1.54) is 6.42 Å². The van der Waals surface area contributed by atoms with Crippen molar-refractivity contribution in [1.82, 2.24) is 10.6 Å². The molecule has 1 unspecified atom stereocenters. The molecule has 0 fully saturated rings. The van der Waals surface area contributed by atoms with Crippen LogP contribution in [-0.2, 0) is 6.54 Å². The number of rotatable bonds is 5. The molecule has 2 N–H and O–H groups in total. The van der Waals surface area contributed by atoms with Crippen LogP contribution in [0, 0.1) is 5.41 Å². The van der Waals surface area contributed by atoms with Gasteiger partial charge in [-0.25, -0.2) is 0 Å². The summed E-state index contributed by atoms with van der Waals surface area (Å²) < 4.78 is 5.28. The molecule has 0 aliphatic heterocycles. The van der Waals surface area contributed by atoms with Gasteiger partial charge in [-0.2, -0.15) is 0 Å². The van der Waals surface area contributed by atoms with Crippen LogP contribution >= 0.6 is 24.0 Å². The molecule has 1 aromatic heterocycles. The molecule has 0 saturated carbocycles. The van der Waals surface area contributed by atoms with Crippen LogP contribution in [0.5, 0.6) is 0 Å². The zero-order valence-corrected chi connectivity index (χ0v) is 15.5. The quantitative estimate of drug-likeness (QED) is 0.455. The van der Waals surface area contributed by atoms with Gasteiger partial charge in [-0.05, 0) is 37.3 Å². The Bertz CT molecular complexity index is 382. The molecule has 0 spiro atoms. The zero-order chi connectivity index (χ0) is 14.3. The van der Waals surface area contributed by atoms with Crippen LogP contribution in [0.3, 0.4) is 0 Å². The van der Waals surface area contributed by atoms with Gasteiger partial charge >= 0.3 is 0 Å². The fourth-order valence-corrected chi connectivity index (χ4v) is 1.73. The Morgan fingerprint density at radius 1 is 1.40 bits per heavy atom. The summed E-state index contributed by atoms with van der Waals surface area (Å²) >= 11 is 0. The molecule has 0 aliphatic rings. The molecular formula is C15H28IN3O. The number of guanidine groups is 1. The lowest BCUT2D eigenvalue weighted by atomic mass is 9.89. The summed E-state index contributed by atoms with van der Waals surface area (Å²) in [6.07, 6.45) is 4.00. The van der Waals surface area contributed by atoms with Crippen molar-refractivity contribution in [3.63, 3.8) is 0 Å². The zero-order valence-electron chi connectivity index (χ0n) is 13.2. The molecular weight excluding hydrogens is 365 g/mol. The van der Waals surface area contributed by atoms with Crippen LogP contribution in [0.2, 0.25) is 0 Å². The number of hydrogen-bond acceptors (Lipinski definition) is 2. The highest BCUT2D eigenvalue weighted by Crippen LogP contribution is 2.21. The second-order valence-corrected chi connectivity index (χ2v) is 6.15.